The Labute approximate surface area is 206 Å². The van der Waals surface area contributed by atoms with Crippen LogP contribution in [0.3, 0.4) is 0 Å². The van der Waals surface area contributed by atoms with Crippen molar-refractivity contribution in [3.63, 3.8) is 0 Å². The van der Waals surface area contributed by atoms with Gasteiger partial charge in [-0.15, -0.1) is 11.3 Å². The minimum Gasteiger partial charge on any atom is -0.362 e. The van der Waals surface area contributed by atoms with Gasteiger partial charge in [0.2, 0.25) is 0 Å². The van der Waals surface area contributed by atoms with E-state index in [2.05, 4.69) is 34.3 Å². The Morgan fingerprint density at radius 1 is 1.03 bits per heavy atom. The molecule has 0 aliphatic heterocycles. The van der Waals surface area contributed by atoms with Crippen LogP contribution in [0, 0.1) is 18.8 Å². The van der Waals surface area contributed by atoms with Crippen molar-refractivity contribution in [2.75, 3.05) is 25.5 Å². The minimum atomic E-state index is 0.0878. The molecule has 0 unspecified atom stereocenters. The smallest absolute Gasteiger partial charge is 0.261 e. The highest BCUT2D eigenvalue weighted by Gasteiger charge is 2.19. The van der Waals surface area contributed by atoms with Crippen LogP contribution >= 0.6 is 11.3 Å². The Balaban J connectivity index is 0.000000172. The number of aryl methyl sites for hydroxylation is 1. The van der Waals surface area contributed by atoms with E-state index in [0.29, 0.717) is 5.92 Å². The maximum absolute atomic E-state index is 12.2. The highest BCUT2D eigenvalue weighted by atomic mass is 32.1. The summed E-state index contributed by atoms with van der Waals surface area (Å²) in [7, 11) is 3.99. The first-order chi connectivity index (χ1) is 16.4. The summed E-state index contributed by atoms with van der Waals surface area (Å²) in [5.41, 5.74) is 1.00. The van der Waals surface area contributed by atoms with Crippen LogP contribution in [0.5, 0.6) is 0 Å². The van der Waals surface area contributed by atoms with Gasteiger partial charge in [0.1, 0.15) is 11.6 Å². The Morgan fingerprint density at radius 3 is 2.47 bits per heavy atom. The van der Waals surface area contributed by atoms with Gasteiger partial charge in [-0.25, -0.2) is 9.97 Å². The van der Waals surface area contributed by atoms with Crippen molar-refractivity contribution in [1.29, 1.82) is 0 Å². The lowest BCUT2D eigenvalue weighted by molar-refractivity contribution is 0.0946. The first kappa shape index (κ1) is 24.1. The zero-order chi connectivity index (χ0) is 24.1. The van der Waals surface area contributed by atoms with E-state index in [-0.39, 0.29) is 5.91 Å². The van der Waals surface area contributed by atoms with Gasteiger partial charge < -0.3 is 10.2 Å². The topological polar surface area (TPSA) is 58.1 Å². The molecule has 5 rings (SSSR count). The van der Waals surface area contributed by atoms with Crippen molar-refractivity contribution in [1.82, 2.24) is 15.3 Å². The van der Waals surface area contributed by atoms with Crippen LogP contribution in [0.4, 0.5) is 5.82 Å². The number of benzene rings is 2. The number of para-hydroxylation sites is 1. The van der Waals surface area contributed by atoms with Crippen LogP contribution in [0.2, 0.25) is 0 Å². The van der Waals surface area contributed by atoms with Gasteiger partial charge >= 0.3 is 0 Å². The number of hydrogen-bond donors (Lipinski definition) is 1. The summed E-state index contributed by atoms with van der Waals surface area (Å²) in [6.45, 7) is 5.07. The van der Waals surface area contributed by atoms with E-state index < -0.39 is 0 Å². The number of rotatable bonds is 4. The fourth-order valence-electron chi connectivity index (χ4n) is 4.47. The first-order valence-corrected chi connectivity index (χ1v) is 12.9. The maximum Gasteiger partial charge on any atom is 0.261 e. The second-order valence-corrected chi connectivity index (χ2v) is 10.6. The molecule has 6 heteroatoms. The van der Waals surface area contributed by atoms with Gasteiger partial charge in [-0.05, 0) is 61.3 Å². The van der Waals surface area contributed by atoms with Crippen LogP contribution < -0.4 is 10.2 Å². The molecular weight excluding hydrogens is 440 g/mol. The summed E-state index contributed by atoms with van der Waals surface area (Å²) in [5, 5.41) is 5.38. The second kappa shape index (κ2) is 11.0. The molecule has 1 saturated carbocycles. The van der Waals surface area contributed by atoms with Gasteiger partial charge in [-0.2, -0.15) is 0 Å². The lowest BCUT2D eigenvalue weighted by Crippen LogP contribution is -2.30. The number of anilines is 1. The number of nitrogens with zero attached hydrogens (tertiary/aromatic N) is 3. The number of carbonyl (C=O) groups is 1. The molecular formula is C28H34N4OS. The zero-order valence-electron chi connectivity index (χ0n) is 20.5. The molecule has 2 heterocycles. The predicted molar refractivity (Wildman–Crippen MR) is 144 cm³/mol. The summed E-state index contributed by atoms with van der Waals surface area (Å²) in [6.07, 6.45) is 5.13. The summed E-state index contributed by atoms with van der Waals surface area (Å²) in [5.74, 6) is 3.42. The van der Waals surface area contributed by atoms with E-state index in [1.54, 1.807) is 11.3 Å². The van der Waals surface area contributed by atoms with Crippen molar-refractivity contribution in [3.8, 4) is 0 Å². The normalized spacial score (nSPS) is 17.8. The molecule has 34 heavy (non-hydrogen) atoms. The minimum absolute atomic E-state index is 0.0878. The quantitative estimate of drug-likeness (QED) is 0.369. The Morgan fingerprint density at radius 2 is 1.74 bits per heavy atom. The highest BCUT2D eigenvalue weighted by molar-refractivity contribution is 7.20. The van der Waals surface area contributed by atoms with Crippen LogP contribution in [0.25, 0.3) is 21.0 Å². The van der Waals surface area contributed by atoms with Crippen LogP contribution in [0.15, 0.2) is 54.6 Å². The Bertz CT molecular complexity index is 1220. The number of amides is 1. The molecule has 1 aliphatic rings. The number of fused-ring (bicyclic) bond motifs is 2. The highest BCUT2D eigenvalue weighted by Crippen LogP contribution is 2.28. The Hall–Kier alpha value is -2.99. The van der Waals surface area contributed by atoms with E-state index in [0.717, 1.165) is 45.3 Å². The first-order valence-electron chi connectivity index (χ1n) is 12.1. The molecule has 178 valence electrons. The lowest BCUT2D eigenvalue weighted by atomic mass is 9.83. The summed E-state index contributed by atoms with van der Waals surface area (Å²) in [6, 6.07) is 18.2. The van der Waals surface area contributed by atoms with Gasteiger partial charge in [0, 0.05) is 30.7 Å². The van der Waals surface area contributed by atoms with Crippen molar-refractivity contribution in [2.24, 2.45) is 11.8 Å². The third-order valence-electron chi connectivity index (χ3n) is 6.45. The van der Waals surface area contributed by atoms with Crippen LogP contribution in [-0.2, 0) is 0 Å². The largest absolute Gasteiger partial charge is 0.362 e. The number of hydrogen-bond acceptors (Lipinski definition) is 5. The number of aromatic nitrogens is 2. The van der Waals surface area contributed by atoms with E-state index in [4.69, 9.17) is 0 Å². The molecule has 1 aliphatic carbocycles. The molecule has 1 fully saturated rings. The molecule has 5 nitrogen and oxygen atoms in total. The second-order valence-electron chi connectivity index (χ2n) is 9.49. The molecule has 0 saturated heterocycles. The van der Waals surface area contributed by atoms with Crippen molar-refractivity contribution in [2.45, 2.75) is 39.5 Å². The fraction of sp³-hybridized carbons (Fsp3) is 0.393. The monoisotopic (exact) mass is 474 g/mol. The van der Waals surface area contributed by atoms with E-state index in [1.165, 1.54) is 30.4 Å². The number of nitrogens with one attached hydrogen (secondary N) is 1. The molecule has 0 atom stereocenters. The van der Waals surface area contributed by atoms with Gasteiger partial charge in [0.15, 0.2) is 0 Å². The molecule has 2 aromatic carbocycles. The Kier molecular flexibility index (Phi) is 7.78. The van der Waals surface area contributed by atoms with Gasteiger partial charge in [0.05, 0.1) is 10.4 Å². The standard InChI is InChI=1S/C17H21NOS.C11H13N3/c1-12-6-8-13(9-7-12)11-18-17(19)16-10-14-4-2-3-5-15(14)20-16;1-8-12-10-7-5-4-6-9(10)11(13-8)14(2)3/h2-5,10,12-13H,6-9,11H2,1H3,(H,18,19);4-7H,1-3H3. The van der Waals surface area contributed by atoms with Crippen molar-refractivity contribution >= 4 is 44.1 Å². The van der Waals surface area contributed by atoms with Crippen LogP contribution in [-0.4, -0.2) is 36.5 Å². The number of carbonyl (C=O) groups excluding carboxylic acids is 1. The summed E-state index contributed by atoms with van der Waals surface area (Å²) >= 11 is 1.58. The molecule has 4 aromatic rings. The molecule has 0 spiro atoms. The summed E-state index contributed by atoms with van der Waals surface area (Å²) in [4.78, 5) is 23.9. The van der Waals surface area contributed by atoms with Crippen molar-refractivity contribution < 1.29 is 4.79 Å². The fourth-order valence-corrected chi connectivity index (χ4v) is 5.44. The van der Waals surface area contributed by atoms with Crippen LogP contribution in [0.1, 0.15) is 48.1 Å². The lowest BCUT2D eigenvalue weighted by Gasteiger charge is -2.26. The molecule has 0 radical (unpaired) electrons. The van der Waals surface area contributed by atoms with Gasteiger partial charge in [-0.3, -0.25) is 4.79 Å². The van der Waals surface area contributed by atoms with E-state index in [1.807, 2.05) is 68.4 Å². The molecule has 2 aromatic heterocycles. The average molecular weight is 475 g/mol. The molecule has 1 N–H and O–H groups in total. The third-order valence-corrected chi connectivity index (χ3v) is 7.57. The maximum atomic E-state index is 12.2. The van der Waals surface area contributed by atoms with Gasteiger partial charge in [-0.1, -0.05) is 50.1 Å². The molecule has 0 bridgehead atoms. The third kappa shape index (κ3) is 5.92. The average Bonchev–Trinajstić information content (AvgIpc) is 3.28. The van der Waals surface area contributed by atoms with E-state index in [9.17, 15) is 4.79 Å². The number of thiophene rings is 1. The SMILES string of the molecule is CC1CCC(CNC(=O)c2cc3ccccc3s2)CC1.Cc1nc(N(C)C)c2ccccc2n1. The van der Waals surface area contributed by atoms with Crippen molar-refractivity contribution in [3.05, 3.63) is 65.3 Å². The predicted octanol–water partition coefficient (Wildman–Crippen LogP) is 6.46. The zero-order valence-corrected chi connectivity index (χ0v) is 21.4. The summed E-state index contributed by atoms with van der Waals surface area (Å²) < 4.78 is 1.18. The van der Waals surface area contributed by atoms with Gasteiger partial charge in [0.25, 0.3) is 5.91 Å². The van der Waals surface area contributed by atoms with E-state index >= 15 is 0 Å². The molecule has 1 amide bonds.